The monoisotopic (exact) mass is 383 g/mol. The Hall–Kier alpha value is -2.63. The van der Waals surface area contributed by atoms with E-state index < -0.39 is 0 Å². The van der Waals surface area contributed by atoms with Crippen LogP contribution < -0.4 is 10.5 Å². The van der Waals surface area contributed by atoms with Crippen LogP contribution in [0.2, 0.25) is 5.02 Å². The zero-order valence-electron chi connectivity index (χ0n) is 15.0. The van der Waals surface area contributed by atoms with Crippen molar-refractivity contribution < 1.29 is 5.11 Å². The molecule has 0 radical (unpaired) electrons. The molecule has 0 saturated heterocycles. The highest BCUT2D eigenvalue weighted by Gasteiger charge is 2.18. The summed E-state index contributed by atoms with van der Waals surface area (Å²) in [5, 5.41) is 13.8. The van der Waals surface area contributed by atoms with Crippen LogP contribution in [-0.2, 0) is 13.1 Å². The van der Waals surface area contributed by atoms with Crippen LogP contribution in [-0.4, -0.2) is 28.0 Å². The minimum Gasteiger partial charge on any atom is -0.396 e. The smallest absolute Gasteiger partial charge is 0.292 e. The summed E-state index contributed by atoms with van der Waals surface area (Å²) in [6.45, 7) is 1.48. The molecule has 0 fully saturated rings. The normalized spacial score (nSPS) is 10.7. The summed E-state index contributed by atoms with van der Waals surface area (Å²) in [5.41, 5.74) is 2.24. The van der Waals surface area contributed by atoms with Crippen molar-refractivity contribution in [3.63, 3.8) is 0 Å². The van der Waals surface area contributed by atoms with Gasteiger partial charge in [0, 0.05) is 19.7 Å². The summed E-state index contributed by atoms with van der Waals surface area (Å²) in [5.74, 6) is 0. The van der Waals surface area contributed by atoms with Crippen LogP contribution >= 0.6 is 11.6 Å². The Balaban J connectivity index is 1.95. The van der Waals surface area contributed by atoms with E-state index in [1.807, 2.05) is 65.6 Å². The number of halogens is 1. The molecule has 3 aromatic rings. The molecule has 0 amide bonds. The fourth-order valence-electron chi connectivity index (χ4n) is 2.95. The Morgan fingerprint density at radius 2 is 1.63 bits per heavy atom. The first-order chi connectivity index (χ1) is 13.2. The van der Waals surface area contributed by atoms with Crippen LogP contribution in [0.1, 0.15) is 17.5 Å². The molecule has 1 aromatic heterocycles. The van der Waals surface area contributed by atoms with Crippen molar-refractivity contribution in [3.05, 3.63) is 93.4 Å². The third-order valence-electron chi connectivity index (χ3n) is 4.27. The highest BCUT2D eigenvalue weighted by Crippen LogP contribution is 2.22. The molecule has 27 heavy (non-hydrogen) atoms. The van der Waals surface area contributed by atoms with Gasteiger partial charge in [0.1, 0.15) is 5.69 Å². The van der Waals surface area contributed by atoms with E-state index in [0.717, 1.165) is 11.1 Å². The van der Waals surface area contributed by atoms with Crippen LogP contribution in [0.5, 0.6) is 0 Å². The van der Waals surface area contributed by atoms with Gasteiger partial charge in [0.15, 0.2) is 0 Å². The average Bonchev–Trinajstić information content (AvgIpc) is 2.70. The van der Waals surface area contributed by atoms with Gasteiger partial charge in [0.2, 0.25) is 0 Å². The molecule has 6 heteroatoms. The molecule has 0 bridgehead atoms. The SMILES string of the molecule is O=c1c(N(CCCO)Cc2ccccc2)c(Cl)cnn1Cc1ccccc1. The highest BCUT2D eigenvalue weighted by molar-refractivity contribution is 6.33. The molecule has 0 aliphatic carbocycles. The molecule has 140 valence electrons. The number of nitrogens with zero attached hydrogens (tertiary/aromatic N) is 3. The van der Waals surface area contributed by atoms with Crippen LogP contribution in [0.25, 0.3) is 0 Å². The lowest BCUT2D eigenvalue weighted by atomic mass is 10.2. The molecule has 0 unspecified atom stereocenters. The molecule has 1 heterocycles. The molecule has 2 aromatic carbocycles. The first-order valence-electron chi connectivity index (χ1n) is 8.88. The van der Waals surface area contributed by atoms with E-state index in [-0.39, 0.29) is 12.2 Å². The molecule has 3 rings (SSSR count). The lowest BCUT2D eigenvalue weighted by molar-refractivity contribution is 0.289. The maximum Gasteiger partial charge on any atom is 0.292 e. The minimum absolute atomic E-state index is 0.0478. The molecule has 0 aliphatic heterocycles. The zero-order chi connectivity index (χ0) is 19.1. The maximum absolute atomic E-state index is 13.1. The molecule has 5 nitrogen and oxygen atoms in total. The quantitative estimate of drug-likeness (QED) is 0.648. The van der Waals surface area contributed by atoms with Crippen LogP contribution in [0, 0.1) is 0 Å². The van der Waals surface area contributed by atoms with Crippen LogP contribution in [0.3, 0.4) is 0 Å². The topological polar surface area (TPSA) is 58.4 Å². The summed E-state index contributed by atoms with van der Waals surface area (Å²) < 4.78 is 1.42. The Morgan fingerprint density at radius 1 is 1.00 bits per heavy atom. The Bertz CT molecular complexity index is 914. The lowest BCUT2D eigenvalue weighted by Crippen LogP contribution is -2.34. The predicted molar refractivity (Wildman–Crippen MR) is 108 cm³/mol. The van der Waals surface area contributed by atoms with E-state index in [1.54, 1.807) is 0 Å². The third kappa shape index (κ3) is 4.96. The molecule has 0 spiro atoms. The van der Waals surface area contributed by atoms with Gasteiger partial charge < -0.3 is 10.0 Å². The summed E-state index contributed by atoms with van der Waals surface area (Å²) in [4.78, 5) is 15.0. The van der Waals surface area contributed by atoms with E-state index in [2.05, 4.69) is 5.10 Å². The lowest BCUT2D eigenvalue weighted by Gasteiger charge is -2.25. The molecule has 0 aliphatic rings. The average molecular weight is 384 g/mol. The van der Waals surface area contributed by atoms with Crippen molar-refractivity contribution in [1.29, 1.82) is 0 Å². The van der Waals surface area contributed by atoms with Crippen LogP contribution in [0.15, 0.2) is 71.7 Å². The number of benzene rings is 2. The molecule has 0 saturated carbocycles. The fourth-order valence-corrected chi connectivity index (χ4v) is 3.19. The van der Waals surface area contributed by atoms with Gasteiger partial charge in [-0.3, -0.25) is 4.79 Å². The van der Waals surface area contributed by atoms with E-state index >= 15 is 0 Å². The number of anilines is 1. The van der Waals surface area contributed by atoms with Gasteiger partial charge in [0.25, 0.3) is 5.56 Å². The second kappa shape index (κ2) is 9.35. The first-order valence-corrected chi connectivity index (χ1v) is 9.26. The Kier molecular flexibility index (Phi) is 6.63. The van der Waals surface area contributed by atoms with Gasteiger partial charge in [-0.25, -0.2) is 4.68 Å². The van der Waals surface area contributed by atoms with Crippen molar-refractivity contribution in [2.45, 2.75) is 19.5 Å². The van der Waals surface area contributed by atoms with Gasteiger partial charge in [0.05, 0.1) is 17.8 Å². The van der Waals surface area contributed by atoms with E-state index in [0.29, 0.717) is 36.8 Å². The maximum atomic E-state index is 13.1. The van der Waals surface area contributed by atoms with E-state index in [9.17, 15) is 9.90 Å². The molecule has 0 atom stereocenters. The van der Waals surface area contributed by atoms with E-state index in [1.165, 1.54) is 10.9 Å². The minimum atomic E-state index is -0.236. The summed E-state index contributed by atoms with van der Waals surface area (Å²) in [7, 11) is 0. The third-order valence-corrected chi connectivity index (χ3v) is 4.54. The first kappa shape index (κ1) is 19.1. The van der Waals surface area contributed by atoms with Crippen molar-refractivity contribution in [2.24, 2.45) is 0 Å². The summed E-state index contributed by atoms with van der Waals surface area (Å²) in [6.07, 6.45) is 2.06. The Labute approximate surface area is 163 Å². The molecular weight excluding hydrogens is 362 g/mol. The van der Waals surface area contributed by atoms with E-state index in [4.69, 9.17) is 11.6 Å². The predicted octanol–water partition coefficient (Wildman–Crippen LogP) is 3.33. The van der Waals surface area contributed by atoms with Gasteiger partial charge in [-0.15, -0.1) is 0 Å². The second-order valence-corrected chi connectivity index (χ2v) is 6.68. The number of aliphatic hydroxyl groups is 1. The standard InChI is InChI=1S/C21H22ClN3O2/c22-19-14-23-25(16-18-10-5-2-6-11-18)21(27)20(19)24(12-7-13-26)15-17-8-3-1-4-9-17/h1-6,8-11,14,26H,7,12-13,15-16H2. The van der Waals surface area contributed by atoms with Gasteiger partial charge in [-0.05, 0) is 17.5 Å². The Morgan fingerprint density at radius 3 is 2.26 bits per heavy atom. The number of hydrogen-bond donors (Lipinski definition) is 1. The van der Waals surface area contributed by atoms with Gasteiger partial charge in [-0.1, -0.05) is 72.3 Å². The molecule has 1 N–H and O–H groups in total. The summed E-state index contributed by atoms with van der Waals surface area (Å²) >= 11 is 6.36. The fraction of sp³-hybridized carbons (Fsp3) is 0.238. The second-order valence-electron chi connectivity index (χ2n) is 6.27. The van der Waals surface area contributed by atoms with Gasteiger partial charge >= 0.3 is 0 Å². The largest absolute Gasteiger partial charge is 0.396 e. The summed E-state index contributed by atoms with van der Waals surface area (Å²) in [6, 6.07) is 19.6. The number of aromatic nitrogens is 2. The van der Waals surface area contributed by atoms with Crippen LogP contribution in [0.4, 0.5) is 5.69 Å². The van der Waals surface area contributed by atoms with Crippen molar-refractivity contribution in [3.8, 4) is 0 Å². The van der Waals surface area contributed by atoms with Crippen molar-refractivity contribution >= 4 is 17.3 Å². The zero-order valence-corrected chi connectivity index (χ0v) is 15.7. The van der Waals surface area contributed by atoms with Crippen molar-refractivity contribution in [2.75, 3.05) is 18.1 Å². The highest BCUT2D eigenvalue weighted by atomic mass is 35.5. The molecular formula is C21H22ClN3O2. The number of hydrogen-bond acceptors (Lipinski definition) is 4. The van der Waals surface area contributed by atoms with Gasteiger partial charge in [-0.2, -0.15) is 5.10 Å². The number of aliphatic hydroxyl groups excluding tert-OH is 1. The number of rotatable bonds is 8. The van der Waals surface area contributed by atoms with Crippen molar-refractivity contribution in [1.82, 2.24) is 9.78 Å².